The van der Waals surface area contributed by atoms with Crippen LogP contribution in [0.15, 0.2) is 59.5 Å². The topological polar surface area (TPSA) is 52.7 Å². The predicted molar refractivity (Wildman–Crippen MR) is 114 cm³/mol. The maximum atomic E-state index is 13.2. The number of anilines is 1. The van der Waals surface area contributed by atoms with E-state index < -0.39 is 0 Å². The Morgan fingerprint density at radius 1 is 1.07 bits per heavy atom. The van der Waals surface area contributed by atoms with Gasteiger partial charge in [0, 0.05) is 11.9 Å². The van der Waals surface area contributed by atoms with Gasteiger partial charge in [0.1, 0.15) is 6.04 Å². The number of amides is 2. The standard InChI is InChI=1S/C22H27N3O2S/c1-24(16-20(26)23-18-12-6-7-13-19(18)28-2)22(27)21(25-14-8-9-15-25)17-10-4-3-5-11-17/h3-7,10-13,21H,8-9,14-16H2,1-2H3,(H,23,26). The van der Waals surface area contributed by atoms with Crippen molar-refractivity contribution in [3.8, 4) is 0 Å². The molecule has 1 N–H and O–H groups in total. The minimum absolute atomic E-state index is 0.0265. The van der Waals surface area contributed by atoms with Crippen molar-refractivity contribution in [2.75, 3.05) is 38.3 Å². The molecule has 3 rings (SSSR count). The van der Waals surface area contributed by atoms with Gasteiger partial charge in [-0.3, -0.25) is 14.5 Å². The molecule has 1 saturated heterocycles. The molecule has 1 fully saturated rings. The highest BCUT2D eigenvalue weighted by Crippen LogP contribution is 2.27. The molecule has 2 aromatic carbocycles. The molecule has 5 nitrogen and oxygen atoms in total. The third-order valence-corrected chi connectivity index (χ3v) is 5.79. The largest absolute Gasteiger partial charge is 0.335 e. The van der Waals surface area contributed by atoms with E-state index >= 15 is 0 Å². The van der Waals surface area contributed by atoms with Crippen LogP contribution in [-0.4, -0.2) is 54.6 Å². The summed E-state index contributed by atoms with van der Waals surface area (Å²) in [6, 6.07) is 17.2. The maximum Gasteiger partial charge on any atom is 0.244 e. The van der Waals surface area contributed by atoms with Gasteiger partial charge in [0.25, 0.3) is 0 Å². The average Bonchev–Trinajstić information content (AvgIpc) is 3.23. The first-order valence-corrected chi connectivity index (χ1v) is 10.8. The van der Waals surface area contributed by atoms with Gasteiger partial charge in [0.2, 0.25) is 11.8 Å². The number of hydrogen-bond donors (Lipinski definition) is 1. The summed E-state index contributed by atoms with van der Waals surface area (Å²) in [5, 5.41) is 2.93. The van der Waals surface area contributed by atoms with Crippen molar-refractivity contribution in [1.82, 2.24) is 9.80 Å². The van der Waals surface area contributed by atoms with Crippen LogP contribution in [-0.2, 0) is 9.59 Å². The molecule has 1 aliphatic heterocycles. The number of rotatable bonds is 7. The van der Waals surface area contributed by atoms with E-state index in [1.807, 2.05) is 60.9 Å². The van der Waals surface area contributed by atoms with Crippen molar-refractivity contribution < 1.29 is 9.59 Å². The number of benzene rings is 2. The number of nitrogens with zero attached hydrogens (tertiary/aromatic N) is 2. The zero-order chi connectivity index (χ0) is 19.9. The van der Waals surface area contributed by atoms with E-state index in [9.17, 15) is 9.59 Å². The van der Waals surface area contributed by atoms with E-state index in [1.54, 1.807) is 18.8 Å². The van der Waals surface area contributed by atoms with Crippen LogP contribution in [0.25, 0.3) is 0 Å². The van der Waals surface area contributed by atoms with Gasteiger partial charge >= 0.3 is 0 Å². The molecule has 1 aliphatic rings. The average molecular weight is 398 g/mol. The lowest BCUT2D eigenvalue weighted by Gasteiger charge is -2.30. The first kappa shape index (κ1) is 20.4. The van der Waals surface area contributed by atoms with Crippen molar-refractivity contribution >= 4 is 29.3 Å². The number of carbonyl (C=O) groups excluding carboxylic acids is 2. The Morgan fingerprint density at radius 2 is 1.71 bits per heavy atom. The molecule has 2 amide bonds. The van der Waals surface area contributed by atoms with E-state index in [0.29, 0.717) is 0 Å². The van der Waals surface area contributed by atoms with Gasteiger partial charge in [0.15, 0.2) is 0 Å². The van der Waals surface area contributed by atoms with Crippen LogP contribution in [0.4, 0.5) is 5.69 Å². The molecule has 1 heterocycles. The van der Waals surface area contributed by atoms with Gasteiger partial charge in [-0.1, -0.05) is 42.5 Å². The lowest BCUT2D eigenvalue weighted by molar-refractivity contribution is -0.138. The van der Waals surface area contributed by atoms with Crippen molar-refractivity contribution in [1.29, 1.82) is 0 Å². The summed E-state index contributed by atoms with van der Waals surface area (Å²) < 4.78 is 0. The molecule has 0 radical (unpaired) electrons. The third kappa shape index (κ3) is 4.94. The molecule has 1 unspecified atom stereocenters. The summed E-state index contributed by atoms with van der Waals surface area (Å²) in [4.78, 5) is 30.5. The molecule has 2 aromatic rings. The Balaban J connectivity index is 1.69. The van der Waals surface area contributed by atoms with Gasteiger partial charge in [-0.2, -0.15) is 0 Å². The van der Waals surface area contributed by atoms with Gasteiger partial charge in [-0.15, -0.1) is 11.8 Å². The van der Waals surface area contributed by atoms with Gasteiger partial charge in [-0.05, 0) is 49.9 Å². The molecular formula is C22H27N3O2S. The molecule has 28 heavy (non-hydrogen) atoms. The lowest BCUT2D eigenvalue weighted by Crippen LogP contribution is -2.43. The second kappa shape index (κ2) is 9.75. The van der Waals surface area contributed by atoms with Crippen molar-refractivity contribution in [3.63, 3.8) is 0 Å². The van der Waals surface area contributed by atoms with E-state index in [-0.39, 0.29) is 24.4 Å². The summed E-state index contributed by atoms with van der Waals surface area (Å²) in [5.41, 5.74) is 1.76. The Hall–Kier alpha value is -2.31. The van der Waals surface area contributed by atoms with E-state index in [4.69, 9.17) is 0 Å². The van der Waals surface area contributed by atoms with Crippen LogP contribution in [0.2, 0.25) is 0 Å². The maximum absolute atomic E-state index is 13.2. The number of nitrogens with one attached hydrogen (secondary N) is 1. The highest BCUT2D eigenvalue weighted by molar-refractivity contribution is 7.98. The van der Waals surface area contributed by atoms with Crippen LogP contribution in [0.5, 0.6) is 0 Å². The van der Waals surface area contributed by atoms with Crippen LogP contribution < -0.4 is 5.32 Å². The lowest BCUT2D eigenvalue weighted by atomic mass is 10.0. The van der Waals surface area contributed by atoms with E-state index in [1.165, 1.54) is 4.90 Å². The molecule has 0 saturated carbocycles. The number of likely N-dealkylation sites (N-methyl/N-ethyl adjacent to an activating group) is 1. The number of hydrogen-bond acceptors (Lipinski definition) is 4. The summed E-state index contributed by atoms with van der Waals surface area (Å²) in [7, 11) is 1.70. The Morgan fingerprint density at radius 3 is 2.39 bits per heavy atom. The summed E-state index contributed by atoms with van der Waals surface area (Å²) in [5.74, 6) is -0.230. The Labute approximate surface area is 171 Å². The number of carbonyl (C=O) groups is 2. The zero-order valence-electron chi connectivity index (χ0n) is 16.4. The monoisotopic (exact) mass is 397 g/mol. The first-order chi connectivity index (χ1) is 13.6. The minimum Gasteiger partial charge on any atom is -0.335 e. The van der Waals surface area contributed by atoms with Gasteiger partial charge in [0.05, 0.1) is 12.2 Å². The highest BCUT2D eigenvalue weighted by atomic mass is 32.2. The molecule has 148 valence electrons. The molecule has 0 bridgehead atoms. The molecular weight excluding hydrogens is 370 g/mol. The van der Waals surface area contributed by atoms with Crippen LogP contribution in [0.1, 0.15) is 24.4 Å². The molecule has 0 aliphatic carbocycles. The van der Waals surface area contributed by atoms with Crippen molar-refractivity contribution in [2.45, 2.75) is 23.8 Å². The Kier molecular flexibility index (Phi) is 7.12. The quantitative estimate of drug-likeness (QED) is 0.725. The second-order valence-corrected chi connectivity index (χ2v) is 7.85. The molecule has 0 aromatic heterocycles. The SMILES string of the molecule is CSc1ccccc1NC(=O)CN(C)C(=O)C(c1ccccc1)N1CCCC1. The molecule has 0 spiro atoms. The predicted octanol–water partition coefficient (Wildman–Crippen LogP) is 3.64. The highest BCUT2D eigenvalue weighted by Gasteiger charge is 2.32. The van der Waals surface area contributed by atoms with Crippen molar-refractivity contribution in [3.05, 3.63) is 60.2 Å². The van der Waals surface area contributed by atoms with Crippen LogP contribution in [0.3, 0.4) is 0 Å². The number of thioether (sulfide) groups is 1. The fourth-order valence-electron chi connectivity index (χ4n) is 3.58. The Bertz CT molecular complexity index is 806. The number of likely N-dealkylation sites (tertiary alicyclic amines) is 1. The van der Waals surface area contributed by atoms with Gasteiger partial charge < -0.3 is 10.2 Å². The minimum atomic E-state index is -0.333. The smallest absolute Gasteiger partial charge is 0.244 e. The zero-order valence-corrected chi connectivity index (χ0v) is 17.2. The second-order valence-electron chi connectivity index (χ2n) is 7.00. The third-order valence-electron chi connectivity index (χ3n) is 4.99. The van der Waals surface area contributed by atoms with Gasteiger partial charge in [-0.25, -0.2) is 0 Å². The van der Waals surface area contributed by atoms with Crippen LogP contribution >= 0.6 is 11.8 Å². The number of para-hydroxylation sites is 1. The molecule has 6 heteroatoms. The normalized spacial score (nSPS) is 15.2. The molecule has 1 atom stereocenters. The van der Waals surface area contributed by atoms with E-state index in [0.717, 1.165) is 42.1 Å². The fourth-order valence-corrected chi connectivity index (χ4v) is 4.14. The van der Waals surface area contributed by atoms with E-state index in [2.05, 4.69) is 10.2 Å². The van der Waals surface area contributed by atoms with Crippen molar-refractivity contribution in [2.24, 2.45) is 0 Å². The first-order valence-electron chi connectivity index (χ1n) is 9.57. The summed E-state index contributed by atoms with van der Waals surface area (Å²) in [6.45, 7) is 1.84. The fraction of sp³-hybridized carbons (Fsp3) is 0.364. The van der Waals surface area contributed by atoms with Crippen LogP contribution in [0, 0.1) is 0 Å². The summed E-state index contributed by atoms with van der Waals surface area (Å²) >= 11 is 1.58. The summed E-state index contributed by atoms with van der Waals surface area (Å²) in [6.07, 6.45) is 4.18.